The molecule has 1 aromatic heterocycles. The topological polar surface area (TPSA) is 42.4 Å². The second-order valence-corrected chi connectivity index (χ2v) is 6.06. The molecule has 96 valence electrons. The summed E-state index contributed by atoms with van der Waals surface area (Å²) in [4.78, 5) is 2.49. The lowest BCUT2D eigenvalue weighted by molar-refractivity contribution is 0.124. The van der Waals surface area contributed by atoms with Crippen molar-refractivity contribution in [3.8, 4) is 0 Å². The third-order valence-corrected chi connectivity index (χ3v) is 4.52. The molecule has 1 fully saturated rings. The molecule has 0 aliphatic carbocycles. The number of aryl methyl sites for hydroxylation is 1. The molecule has 0 spiro atoms. The van der Waals surface area contributed by atoms with E-state index in [0.717, 1.165) is 18.1 Å². The van der Waals surface area contributed by atoms with Crippen LogP contribution >= 0.6 is 11.8 Å². The molecule has 2 heterocycles. The molecule has 2 N–H and O–H groups in total. The molecule has 1 aromatic rings. The van der Waals surface area contributed by atoms with E-state index < -0.39 is 0 Å². The predicted molar refractivity (Wildman–Crippen MR) is 73.3 cm³/mol. The molecule has 1 saturated heterocycles. The number of hydrogen-bond donors (Lipinski definition) is 1. The van der Waals surface area contributed by atoms with Crippen LogP contribution in [-0.4, -0.2) is 35.0 Å². The van der Waals surface area contributed by atoms with E-state index in [1.165, 1.54) is 11.5 Å². The zero-order valence-electron chi connectivity index (χ0n) is 10.8. The summed E-state index contributed by atoms with van der Waals surface area (Å²) in [6, 6.07) is 4.95. The molecule has 3 atom stereocenters. The number of nitrogens with zero attached hydrogens (tertiary/aromatic N) is 1. The highest BCUT2D eigenvalue weighted by atomic mass is 32.2. The Balaban J connectivity index is 2.22. The van der Waals surface area contributed by atoms with E-state index in [4.69, 9.17) is 10.2 Å². The van der Waals surface area contributed by atoms with E-state index >= 15 is 0 Å². The lowest BCUT2D eigenvalue weighted by Crippen LogP contribution is -2.48. The van der Waals surface area contributed by atoms with Crippen LogP contribution in [0.1, 0.15) is 31.4 Å². The molecule has 0 amide bonds. The van der Waals surface area contributed by atoms with E-state index in [1.54, 1.807) is 0 Å². The summed E-state index contributed by atoms with van der Waals surface area (Å²) in [6.45, 7) is 7.42. The molecule has 0 saturated carbocycles. The molecular weight excluding hydrogens is 232 g/mol. The molecule has 2 rings (SSSR count). The molecule has 1 aliphatic rings. The zero-order chi connectivity index (χ0) is 12.4. The van der Waals surface area contributed by atoms with E-state index in [0.29, 0.717) is 6.04 Å². The number of nitrogens with two attached hydrogens (primary N) is 1. The normalized spacial score (nSPS) is 25.8. The first-order valence-electron chi connectivity index (χ1n) is 6.25. The lowest BCUT2D eigenvalue weighted by atomic mass is 10.0. The molecule has 1 aliphatic heterocycles. The van der Waals surface area contributed by atoms with Gasteiger partial charge in [0.2, 0.25) is 0 Å². The third-order valence-electron chi connectivity index (χ3n) is 3.33. The average molecular weight is 254 g/mol. The van der Waals surface area contributed by atoms with Crippen molar-refractivity contribution in [3.05, 3.63) is 23.7 Å². The van der Waals surface area contributed by atoms with Crippen molar-refractivity contribution in [2.75, 3.05) is 18.1 Å². The number of furan rings is 1. The summed E-state index contributed by atoms with van der Waals surface area (Å²) in [5.74, 6) is 4.34. The Morgan fingerprint density at radius 2 is 2.29 bits per heavy atom. The highest BCUT2D eigenvalue weighted by Gasteiger charge is 2.31. The van der Waals surface area contributed by atoms with Crippen molar-refractivity contribution >= 4 is 11.8 Å². The first kappa shape index (κ1) is 13.0. The Labute approximate surface area is 108 Å². The maximum absolute atomic E-state index is 6.16. The fourth-order valence-electron chi connectivity index (χ4n) is 2.49. The molecule has 3 unspecified atom stereocenters. The Bertz CT molecular complexity index is 364. The number of thioether (sulfide) groups is 1. The van der Waals surface area contributed by atoms with Gasteiger partial charge >= 0.3 is 0 Å². The Morgan fingerprint density at radius 1 is 1.53 bits per heavy atom. The van der Waals surface area contributed by atoms with Crippen molar-refractivity contribution in [2.24, 2.45) is 5.73 Å². The van der Waals surface area contributed by atoms with Crippen LogP contribution in [0.5, 0.6) is 0 Å². The predicted octanol–water partition coefficient (Wildman–Crippen LogP) is 2.41. The standard InChI is InChI=1S/C13H22N2OS/c1-9-8-17-7-6-15(9)13(11(3)14)12-5-4-10(2)16-12/h4-5,9,11,13H,6-8,14H2,1-3H3. The van der Waals surface area contributed by atoms with Gasteiger partial charge in [0.1, 0.15) is 11.5 Å². The van der Waals surface area contributed by atoms with Crippen LogP contribution in [0.3, 0.4) is 0 Å². The van der Waals surface area contributed by atoms with E-state index in [9.17, 15) is 0 Å². The van der Waals surface area contributed by atoms with Crippen LogP contribution in [-0.2, 0) is 0 Å². The van der Waals surface area contributed by atoms with Gasteiger partial charge in [-0.1, -0.05) is 0 Å². The average Bonchev–Trinajstić information content (AvgIpc) is 2.68. The van der Waals surface area contributed by atoms with E-state index in [1.807, 2.05) is 24.8 Å². The van der Waals surface area contributed by atoms with Gasteiger partial charge in [-0.25, -0.2) is 0 Å². The van der Waals surface area contributed by atoms with Crippen molar-refractivity contribution in [1.29, 1.82) is 0 Å². The van der Waals surface area contributed by atoms with Gasteiger partial charge < -0.3 is 10.2 Å². The van der Waals surface area contributed by atoms with Crippen LogP contribution in [0, 0.1) is 6.92 Å². The first-order valence-corrected chi connectivity index (χ1v) is 7.40. The van der Waals surface area contributed by atoms with E-state index in [-0.39, 0.29) is 12.1 Å². The fraction of sp³-hybridized carbons (Fsp3) is 0.692. The number of hydrogen-bond acceptors (Lipinski definition) is 4. The zero-order valence-corrected chi connectivity index (χ0v) is 11.7. The minimum absolute atomic E-state index is 0.0890. The second kappa shape index (κ2) is 5.46. The quantitative estimate of drug-likeness (QED) is 0.899. The molecule has 17 heavy (non-hydrogen) atoms. The van der Waals surface area contributed by atoms with Crippen molar-refractivity contribution in [1.82, 2.24) is 4.90 Å². The monoisotopic (exact) mass is 254 g/mol. The smallest absolute Gasteiger partial charge is 0.122 e. The summed E-state index contributed by atoms with van der Waals surface area (Å²) < 4.78 is 5.78. The van der Waals surface area contributed by atoms with Crippen molar-refractivity contribution < 1.29 is 4.42 Å². The molecule has 0 radical (unpaired) electrons. The van der Waals surface area contributed by atoms with Gasteiger partial charge in [0.05, 0.1) is 6.04 Å². The Hall–Kier alpha value is -0.450. The second-order valence-electron chi connectivity index (χ2n) is 4.91. The molecule has 4 heteroatoms. The Morgan fingerprint density at radius 3 is 2.82 bits per heavy atom. The van der Waals surface area contributed by atoms with Crippen LogP contribution in [0.4, 0.5) is 0 Å². The van der Waals surface area contributed by atoms with Crippen LogP contribution < -0.4 is 5.73 Å². The number of rotatable bonds is 3. The maximum Gasteiger partial charge on any atom is 0.122 e. The highest BCUT2D eigenvalue weighted by Crippen LogP contribution is 2.30. The van der Waals surface area contributed by atoms with Gasteiger partial charge in [0.15, 0.2) is 0 Å². The summed E-state index contributed by atoms with van der Waals surface area (Å²) in [7, 11) is 0. The van der Waals surface area contributed by atoms with Crippen LogP contribution in [0.25, 0.3) is 0 Å². The largest absolute Gasteiger partial charge is 0.465 e. The summed E-state index contributed by atoms with van der Waals surface area (Å²) in [5, 5.41) is 0. The lowest BCUT2D eigenvalue weighted by Gasteiger charge is -2.40. The summed E-state index contributed by atoms with van der Waals surface area (Å²) >= 11 is 2.02. The minimum atomic E-state index is 0.0890. The fourth-order valence-corrected chi connectivity index (χ4v) is 3.53. The SMILES string of the molecule is Cc1ccc(C(C(C)N)N2CCSCC2C)o1. The molecule has 0 aromatic carbocycles. The molecule has 0 bridgehead atoms. The molecular formula is C13H22N2OS. The van der Waals surface area contributed by atoms with Gasteiger partial charge in [-0.05, 0) is 32.9 Å². The highest BCUT2D eigenvalue weighted by molar-refractivity contribution is 7.99. The summed E-state index contributed by atoms with van der Waals surface area (Å²) in [5.41, 5.74) is 6.16. The van der Waals surface area contributed by atoms with Gasteiger partial charge in [0, 0.05) is 30.1 Å². The first-order chi connectivity index (χ1) is 8.09. The minimum Gasteiger partial charge on any atom is -0.465 e. The molecule has 3 nitrogen and oxygen atoms in total. The van der Waals surface area contributed by atoms with Crippen molar-refractivity contribution in [2.45, 2.75) is 38.9 Å². The Kier molecular flexibility index (Phi) is 4.17. The van der Waals surface area contributed by atoms with Gasteiger partial charge in [0.25, 0.3) is 0 Å². The van der Waals surface area contributed by atoms with Gasteiger partial charge in [-0.2, -0.15) is 11.8 Å². The van der Waals surface area contributed by atoms with Gasteiger partial charge in [-0.3, -0.25) is 4.90 Å². The summed E-state index contributed by atoms with van der Waals surface area (Å²) in [6.07, 6.45) is 0. The van der Waals surface area contributed by atoms with Gasteiger partial charge in [-0.15, -0.1) is 0 Å². The van der Waals surface area contributed by atoms with Crippen LogP contribution in [0.15, 0.2) is 16.5 Å². The van der Waals surface area contributed by atoms with Crippen molar-refractivity contribution in [3.63, 3.8) is 0 Å². The third kappa shape index (κ3) is 2.87. The maximum atomic E-state index is 6.16. The van der Waals surface area contributed by atoms with Crippen LogP contribution in [0.2, 0.25) is 0 Å². The van der Waals surface area contributed by atoms with E-state index in [2.05, 4.69) is 24.8 Å².